The van der Waals surface area contributed by atoms with Gasteiger partial charge >= 0.3 is 5.69 Å². The maximum atomic E-state index is 13.9. The van der Waals surface area contributed by atoms with E-state index < -0.39 is 17.2 Å². The van der Waals surface area contributed by atoms with Crippen molar-refractivity contribution in [1.29, 1.82) is 0 Å². The van der Waals surface area contributed by atoms with Gasteiger partial charge in [-0.15, -0.1) is 11.3 Å². The van der Waals surface area contributed by atoms with E-state index in [1.54, 1.807) is 47.4 Å². The standard InChI is InChI=1S/C28H26N4O6S/c1-16(33)18-6-4-8-20(12-18)32-26(36)25-22-10-11-30(17(2)34)14-23(22)39-27(25)31(28(32)37)15-24(35)29-19-7-5-9-21(13-19)38-3/h4-9,12-13H,10-11,14-15H2,1-3H3,(H,29,35). The zero-order chi connectivity index (χ0) is 27.8. The summed E-state index contributed by atoms with van der Waals surface area (Å²) in [5.74, 6) is -0.189. The molecular formula is C28H26N4O6S. The number of hydrogen-bond donors (Lipinski definition) is 1. The lowest BCUT2D eigenvalue weighted by molar-refractivity contribution is -0.129. The van der Waals surface area contributed by atoms with E-state index in [0.29, 0.717) is 46.7 Å². The Morgan fingerprint density at radius 2 is 1.82 bits per heavy atom. The normalized spacial score (nSPS) is 12.7. The van der Waals surface area contributed by atoms with Gasteiger partial charge in [-0.3, -0.25) is 23.7 Å². The smallest absolute Gasteiger partial charge is 0.337 e. The molecule has 5 rings (SSSR count). The van der Waals surface area contributed by atoms with E-state index >= 15 is 0 Å². The number of carbonyl (C=O) groups excluding carboxylic acids is 3. The highest BCUT2D eigenvalue weighted by atomic mass is 32.1. The summed E-state index contributed by atoms with van der Waals surface area (Å²) < 4.78 is 7.51. The first kappa shape index (κ1) is 26.1. The van der Waals surface area contributed by atoms with E-state index in [1.807, 2.05) is 0 Å². The minimum absolute atomic E-state index is 0.0772. The Balaban J connectivity index is 1.68. The quantitative estimate of drug-likeness (QED) is 0.372. The molecule has 200 valence electrons. The zero-order valence-corrected chi connectivity index (χ0v) is 22.5. The molecule has 4 aromatic rings. The van der Waals surface area contributed by atoms with Crippen LogP contribution >= 0.6 is 11.3 Å². The number of amides is 2. The van der Waals surface area contributed by atoms with Crippen LogP contribution in [0.25, 0.3) is 15.9 Å². The first-order valence-electron chi connectivity index (χ1n) is 12.3. The largest absolute Gasteiger partial charge is 0.497 e. The Kier molecular flexibility index (Phi) is 6.92. The van der Waals surface area contributed by atoms with Crippen LogP contribution in [0, 0.1) is 0 Å². The molecule has 2 aromatic heterocycles. The molecule has 0 bridgehead atoms. The summed E-state index contributed by atoms with van der Waals surface area (Å²) in [5.41, 5.74) is 0.642. The Morgan fingerprint density at radius 1 is 1.05 bits per heavy atom. The van der Waals surface area contributed by atoms with E-state index in [1.165, 1.54) is 42.9 Å². The lowest BCUT2D eigenvalue weighted by atomic mass is 10.1. The number of ketones is 1. The fourth-order valence-corrected chi connectivity index (χ4v) is 6.10. The van der Waals surface area contributed by atoms with E-state index in [4.69, 9.17) is 4.74 Å². The van der Waals surface area contributed by atoms with Crippen LogP contribution in [-0.4, -0.2) is 45.3 Å². The number of benzene rings is 2. The van der Waals surface area contributed by atoms with Gasteiger partial charge in [0.2, 0.25) is 11.8 Å². The van der Waals surface area contributed by atoms with Crippen LogP contribution in [0.2, 0.25) is 0 Å². The highest BCUT2D eigenvalue weighted by Gasteiger charge is 2.28. The van der Waals surface area contributed by atoms with Gasteiger partial charge in [-0.05, 0) is 43.2 Å². The van der Waals surface area contributed by atoms with Gasteiger partial charge in [0.15, 0.2) is 5.78 Å². The molecule has 0 spiro atoms. The van der Waals surface area contributed by atoms with Crippen molar-refractivity contribution >= 4 is 44.8 Å². The summed E-state index contributed by atoms with van der Waals surface area (Å²) in [6, 6.07) is 13.1. The first-order valence-corrected chi connectivity index (χ1v) is 13.1. The van der Waals surface area contributed by atoms with E-state index in [-0.39, 0.29) is 23.9 Å². The first-order chi connectivity index (χ1) is 18.7. The Hall–Kier alpha value is -4.51. The Bertz CT molecular complexity index is 1770. The SMILES string of the molecule is COc1cccc(NC(=O)Cn2c(=O)n(-c3cccc(C(C)=O)c3)c(=O)c3c4c(sc32)CN(C(C)=O)CC4)c1. The highest BCUT2D eigenvalue weighted by molar-refractivity contribution is 7.18. The molecule has 0 aliphatic carbocycles. The molecule has 3 heterocycles. The second kappa shape index (κ2) is 10.3. The van der Waals surface area contributed by atoms with Gasteiger partial charge in [-0.2, -0.15) is 0 Å². The fourth-order valence-electron chi connectivity index (χ4n) is 4.75. The molecule has 0 unspecified atom stereocenters. The number of carbonyl (C=O) groups is 3. The number of nitrogens with zero attached hydrogens (tertiary/aromatic N) is 3. The number of methoxy groups -OCH3 is 1. The molecule has 0 radical (unpaired) electrons. The molecule has 1 aliphatic heterocycles. The summed E-state index contributed by atoms with van der Waals surface area (Å²) in [7, 11) is 1.52. The monoisotopic (exact) mass is 546 g/mol. The maximum Gasteiger partial charge on any atom is 0.337 e. The van der Waals surface area contributed by atoms with Crippen LogP contribution in [-0.2, 0) is 29.1 Å². The molecule has 0 atom stereocenters. The van der Waals surface area contributed by atoms with Crippen molar-refractivity contribution in [3.63, 3.8) is 0 Å². The van der Waals surface area contributed by atoms with Gasteiger partial charge in [0.05, 0.1) is 24.7 Å². The van der Waals surface area contributed by atoms with Crippen LogP contribution in [0.3, 0.4) is 0 Å². The van der Waals surface area contributed by atoms with Crippen molar-refractivity contribution in [3.8, 4) is 11.4 Å². The molecule has 0 fully saturated rings. The van der Waals surface area contributed by atoms with Crippen LogP contribution < -0.4 is 21.3 Å². The van der Waals surface area contributed by atoms with Gasteiger partial charge in [0.1, 0.15) is 17.1 Å². The number of thiophene rings is 1. The summed E-state index contributed by atoms with van der Waals surface area (Å²) in [6.45, 7) is 3.32. The van der Waals surface area contributed by atoms with Crippen molar-refractivity contribution in [1.82, 2.24) is 14.0 Å². The molecule has 0 saturated carbocycles. The molecule has 11 heteroatoms. The lowest BCUT2D eigenvalue weighted by Crippen LogP contribution is -2.41. The third-order valence-electron chi connectivity index (χ3n) is 6.73. The van der Waals surface area contributed by atoms with E-state index in [9.17, 15) is 24.0 Å². The number of ether oxygens (including phenoxy) is 1. The molecule has 10 nitrogen and oxygen atoms in total. The Morgan fingerprint density at radius 3 is 2.54 bits per heavy atom. The predicted octanol–water partition coefficient (Wildman–Crippen LogP) is 2.97. The topological polar surface area (TPSA) is 120 Å². The van der Waals surface area contributed by atoms with Crippen LogP contribution in [0.4, 0.5) is 5.69 Å². The average molecular weight is 547 g/mol. The molecule has 2 aromatic carbocycles. The van der Waals surface area contributed by atoms with Crippen LogP contribution in [0.1, 0.15) is 34.6 Å². The number of anilines is 1. The zero-order valence-electron chi connectivity index (χ0n) is 21.6. The number of fused-ring (bicyclic) bond motifs is 3. The number of hydrogen-bond acceptors (Lipinski definition) is 7. The van der Waals surface area contributed by atoms with Crippen molar-refractivity contribution in [2.75, 3.05) is 19.0 Å². The van der Waals surface area contributed by atoms with Gasteiger partial charge < -0.3 is 15.0 Å². The summed E-state index contributed by atoms with van der Waals surface area (Å²) >= 11 is 1.24. The molecule has 1 aliphatic rings. The predicted molar refractivity (Wildman–Crippen MR) is 148 cm³/mol. The van der Waals surface area contributed by atoms with Gasteiger partial charge in [0, 0.05) is 35.7 Å². The summed E-state index contributed by atoms with van der Waals surface area (Å²) in [6.07, 6.45) is 0.450. The van der Waals surface area contributed by atoms with Crippen LogP contribution in [0.5, 0.6) is 5.75 Å². The van der Waals surface area contributed by atoms with Gasteiger partial charge in [-0.1, -0.05) is 18.2 Å². The fraction of sp³-hybridized carbons (Fsp3) is 0.250. The van der Waals surface area contributed by atoms with Gasteiger partial charge in [-0.25, -0.2) is 9.36 Å². The number of rotatable bonds is 6. The molecular weight excluding hydrogens is 520 g/mol. The van der Waals surface area contributed by atoms with E-state index in [2.05, 4.69) is 5.32 Å². The van der Waals surface area contributed by atoms with Crippen LogP contribution in [0.15, 0.2) is 58.1 Å². The van der Waals surface area contributed by atoms with Crippen molar-refractivity contribution in [2.24, 2.45) is 0 Å². The maximum absolute atomic E-state index is 13.9. The number of nitrogens with one attached hydrogen (secondary N) is 1. The Labute approximate surface area is 227 Å². The number of aromatic nitrogens is 2. The molecule has 0 saturated heterocycles. The molecule has 2 amide bonds. The van der Waals surface area contributed by atoms with Crippen molar-refractivity contribution in [2.45, 2.75) is 33.4 Å². The highest BCUT2D eigenvalue weighted by Crippen LogP contribution is 2.33. The second-order valence-corrected chi connectivity index (χ2v) is 10.4. The van der Waals surface area contributed by atoms with Gasteiger partial charge in [0.25, 0.3) is 5.56 Å². The van der Waals surface area contributed by atoms with E-state index in [0.717, 1.165) is 15.0 Å². The third kappa shape index (κ3) is 4.88. The average Bonchev–Trinajstić information content (AvgIpc) is 3.30. The summed E-state index contributed by atoms with van der Waals surface area (Å²) in [4.78, 5) is 67.7. The minimum Gasteiger partial charge on any atom is -0.497 e. The molecule has 39 heavy (non-hydrogen) atoms. The molecule has 1 N–H and O–H groups in total. The number of Topliss-reactive ketones (excluding diaryl/α,β-unsaturated/α-hetero) is 1. The van der Waals surface area contributed by atoms with Crippen molar-refractivity contribution in [3.05, 3.63) is 85.4 Å². The second-order valence-electron chi connectivity index (χ2n) is 9.27. The third-order valence-corrected chi connectivity index (χ3v) is 7.97. The summed E-state index contributed by atoms with van der Waals surface area (Å²) in [5, 5.41) is 3.13. The minimum atomic E-state index is -0.698. The lowest BCUT2D eigenvalue weighted by Gasteiger charge is -2.25. The van der Waals surface area contributed by atoms with Crippen molar-refractivity contribution < 1.29 is 19.1 Å².